The third kappa shape index (κ3) is 2.62. The van der Waals surface area contributed by atoms with Gasteiger partial charge in [-0.3, -0.25) is 0 Å². The summed E-state index contributed by atoms with van der Waals surface area (Å²) in [7, 11) is 2.97. The van der Waals surface area contributed by atoms with Crippen LogP contribution in [0.4, 0.5) is 0 Å². The highest BCUT2D eigenvalue weighted by Crippen LogP contribution is 2.26. The molecule has 1 aromatic heterocycles. The fourth-order valence-corrected chi connectivity index (χ4v) is 2.23. The van der Waals surface area contributed by atoms with E-state index in [0.29, 0.717) is 0 Å². The predicted molar refractivity (Wildman–Crippen MR) is 67.2 cm³/mol. The van der Waals surface area contributed by atoms with Gasteiger partial charge in [0.1, 0.15) is 10.8 Å². The summed E-state index contributed by atoms with van der Waals surface area (Å²) in [4.78, 5) is 15.3. The van der Waals surface area contributed by atoms with Crippen LogP contribution < -0.4 is 4.74 Å². The SMILES string of the molecule is COC(=O)C=Cc1nc2ccc(OC)cc2s1. The van der Waals surface area contributed by atoms with Gasteiger partial charge in [0.25, 0.3) is 0 Å². The highest BCUT2D eigenvalue weighted by molar-refractivity contribution is 7.19. The number of carbonyl (C=O) groups excluding carboxylic acids is 1. The van der Waals surface area contributed by atoms with Gasteiger partial charge in [-0.1, -0.05) is 0 Å². The molecule has 2 rings (SSSR count). The van der Waals surface area contributed by atoms with Crippen LogP contribution in [0.25, 0.3) is 16.3 Å². The molecule has 0 fully saturated rings. The molecule has 0 radical (unpaired) electrons. The van der Waals surface area contributed by atoms with Crippen molar-refractivity contribution >= 4 is 33.6 Å². The van der Waals surface area contributed by atoms with Crippen LogP contribution >= 0.6 is 11.3 Å². The van der Waals surface area contributed by atoms with Crippen molar-refractivity contribution in [1.29, 1.82) is 0 Å². The first kappa shape index (κ1) is 11.6. The minimum Gasteiger partial charge on any atom is -0.497 e. The Kier molecular flexibility index (Phi) is 3.39. The standard InChI is InChI=1S/C12H11NO3S/c1-15-8-3-4-9-10(7-8)17-11(13-9)5-6-12(14)16-2/h3-7H,1-2H3. The number of ether oxygens (including phenoxy) is 2. The Hall–Kier alpha value is -1.88. The van der Waals surface area contributed by atoms with E-state index in [1.165, 1.54) is 24.5 Å². The number of nitrogens with zero attached hydrogens (tertiary/aromatic N) is 1. The lowest BCUT2D eigenvalue weighted by Crippen LogP contribution is -1.92. The van der Waals surface area contributed by atoms with Crippen LogP contribution in [0.2, 0.25) is 0 Å². The van der Waals surface area contributed by atoms with Crippen molar-refractivity contribution in [3.63, 3.8) is 0 Å². The van der Waals surface area contributed by atoms with Gasteiger partial charge in [0.05, 0.1) is 24.4 Å². The van der Waals surface area contributed by atoms with Gasteiger partial charge in [0, 0.05) is 6.08 Å². The van der Waals surface area contributed by atoms with Crippen LogP contribution in [0.3, 0.4) is 0 Å². The number of aromatic nitrogens is 1. The van der Waals surface area contributed by atoms with Crippen LogP contribution in [-0.4, -0.2) is 25.2 Å². The molecule has 0 amide bonds. The molecule has 0 aliphatic rings. The van der Waals surface area contributed by atoms with Crippen molar-refractivity contribution in [3.8, 4) is 5.75 Å². The Balaban J connectivity index is 2.31. The van der Waals surface area contributed by atoms with Gasteiger partial charge in [0.15, 0.2) is 0 Å². The summed E-state index contributed by atoms with van der Waals surface area (Å²) in [6.45, 7) is 0. The summed E-state index contributed by atoms with van der Waals surface area (Å²) in [5.41, 5.74) is 0.889. The first-order valence-electron chi connectivity index (χ1n) is 4.93. The Morgan fingerprint density at radius 2 is 2.24 bits per heavy atom. The first-order chi connectivity index (χ1) is 8.22. The molecule has 0 saturated heterocycles. The summed E-state index contributed by atoms with van der Waals surface area (Å²) in [5.74, 6) is 0.409. The molecule has 0 bridgehead atoms. The summed E-state index contributed by atoms with van der Waals surface area (Å²) in [6, 6.07) is 5.67. The number of esters is 1. The number of thiazole rings is 1. The summed E-state index contributed by atoms with van der Waals surface area (Å²) >= 11 is 1.49. The monoisotopic (exact) mass is 249 g/mol. The van der Waals surface area contributed by atoms with Crippen molar-refractivity contribution in [3.05, 3.63) is 29.3 Å². The summed E-state index contributed by atoms with van der Waals surface area (Å²) < 4.78 is 10.7. The largest absolute Gasteiger partial charge is 0.497 e. The maximum Gasteiger partial charge on any atom is 0.330 e. The Labute approximate surface area is 102 Å². The van der Waals surface area contributed by atoms with Crippen LogP contribution in [0, 0.1) is 0 Å². The van der Waals surface area contributed by atoms with Gasteiger partial charge in [-0.2, -0.15) is 0 Å². The molecule has 4 nitrogen and oxygen atoms in total. The molecule has 0 unspecified atom stereocenters. The maximum absolute atomic E-state index is 10.9. The quantitative estimate of drug-likeness (QED) is 0.619. The second-order valence-corrected chi connectivity index (χ2v) is 4.30. The molecule has 0 aliphatic heterocycles. The van der Waals surface area contributed by atoms with Gasteiger partial charge in [-0.15, -0.1) is 11.3 Å². The molecule has 0 N–H and O–H groups in total. The first-order valence-corrected chi connectivity index (χ1v) is 5.75. The third-order valence-corrected chi connectivity index (χ3v) is 3.16. The van der Waals surface area contributed by atoms with Gasteiger partial charge >= 0.3 is 5.97 Å². The zero-order valence-corrected chi connectivity index (χ0v) is 10.3. The van der Waals surface area contributed by atoms with Gasteiger partial charge < -0.3 is 9.47 Å². The number of benzene rings is 1. The molecule has 0 saturated carbocycles. The molecule has 88 valence electrons. The maximum atomic E-state index is 10.9. The van der Waals surface area contributed by atoms with Gasteiger partial charge in [-0.05, 0) is 24.3 Å². The van der Waals surface area contributed by atoms with Crippen LogP contribution in [0.1, 0.15) is 5.01 Å². The summed E-state index contributed by atoms with van der Waals surface area (Å²) in [5, 5.41) is 0.763. The highest BCUT2D eigenvalue weighted by atomic mass is 32.1. The molecule has 0 atom stereocenters. The summed E-state index contributed by atoms with van der Waals surface area (Å²) in [6.07, 6.45) is 3.00. The molecular formula is C12H11NO3S. The minimum atomic E-state index is -0.387. The van der Waals surface area contributed by atoms with Crippen molar-refractivity contribution < 1.29 is 14.3 Å². The predicted octanol–water partition coefficient (Wildman–Crippen LogP) is 2.49. The Morgan fingerprint density at radius 1 is 1.41 bits per heavy atom. The molecule has 2 aromatic rings. The second-order valence-electron chi connectivity index (χ2n) is 3.24. The molecule has 1 heterocycles. The van der Waals surface area contributed by atoms with Crippen molar-refractivity contribution in [1.82, 2.24) is 4.98 Å². The van der Waals surface area contributed by atoms with E-state index in [2.05, 4.69) is 9.72 Å². The van der Waals surface area contributed by atoms with Crippen LogP contribution in [0.5, 0.6) is 5.75 Å². The van der Waals surface area contributed by atoms with E-state index in [1.54, 1.807) is 13.2 Å². The average molecular weight is 249 g/mol. The Bertz CT molecular complexity index is 574. The number of rotatable bonds is 3. The van der Waals surface area contributed by atoms with E-state index in [1.807, 2.05) is 18.2 Å². The third-order valence-electron chi connectivity index (χ3n) is 2.18. The number of fused-ring (bicyclic) bond motifs is 1. The lowest BCUT2D eigenvalue weighted by Gasteiger charge is -1.96. The average Bonchev–Trinajstić information content (AvgIpc) is 2.77. The lowest BCUT2D eigenvalue weighted by atomic mass is 10.3. The van der Waals surface area contributed by atoms with E-state index in [4.69, 9.17) is 4.74 Å². The van der Waals surface area contributed by atoms with Crippen LogP contribution in [0.15, 0.2) is 24.3 Å². The number of carbonyl (C=O) groups is 1. The lowest BCUT2D eigenvalue weighted by molar-refractivity contribution is -0.134. The van der Waals surface area contributed by atoms with E-state index >= 15 is 0 Å². The van der Waals surface area contributed by atoms with E-state index in [-0.39, 0.29) is 5.97 Å². The Morgan fingerprint density at radius 3 is 2.94 bits per heavy atom. The highest BCUT2D eigenvalue weighted by Gasteiger charge is 2.03. The number of hydrogen-bond donors (Lipinski definition) is 0. The number of methoxy groups -OCH3 is 2. The minimum absolute atomic E-state index is 0.387. The van der Waals surface area contributed by atoms with E-state index in [9.17, 15) is 4.79 Å². The molecule has 0 aliphatic carbocycles. The second kappa shape index (κ2) is 4.97. The topological polar surface area (TPSA) is 48.4 Å². The van der Waals surface area contributed by atoms with Crippen molar-refractivity contribution in [2.24, 2.45) is 0 Å². The molecular weight excluding hydrogens is 238 g/mol. The molecule has 17 heavy (non-hydrogen) atoms. The van der Waals surface area contributed by atoms with Gasteiger partial charge in [-0.25, -0.2) is 9.78 Å². The van der Waals surface area contributed by atoms with Crippen molar-refractivity contribution in [2.75, 3.05) is 14.2 Å². The van der Waals surface area contributed by atoms with Gasteiger partial charge in [0.2, 0.25) is 0 Å². The smallest absolute Gasteiger partial charge is 0.330 e. The fourth-order valence-electron chi connectivity index (χ4n) is 1.33. The molecule has 0 spiro atoms. The fraction of sp³-hybridized carbons (Fsp3) is 0.167. The number of hydrogen-bond acceptors (Lipinski definition) is 5. The van der Waals surface area contributed by atoms with Crippen molar-refractivity contribution in [2.45, 2.75) is 0 Å². The van der Waals surface area contributed by atoms with E-state index < -0.39 is 0 Å². The van der Waals surface area contributed by atoms with E-state index in [0.717, 1.165) is 21.0 Å². The molecule has 1 aromatic carbocycles. The zero-order chi connectivity index (χ0) is 12.3. The zero-order valence-electron chi connectivity index (χ0n) is 9.47. The molecule has 5 heteroatoms. The normalized spacial score (nSPS) is 10.9. The van der Waals surface area contributed by atoms with Crippen LogP contribution in [-0.2, 0) is 9.53 Å².